The molecule has 0 atom stereocenters. The number of esters is 1. The molecule has 0 aliphatic carbocycles. The summed E-state index contributed by atoms with van der Waals surface area (Å²) in [5.74, 6) is -0.834. The monoisotopic (exact) mass is 293 g/mol. The van der Waals surface area contributed by atoms with Crippen LogP contribution in [0, 0.1) is 10.1 Å². The fourth-order valence-electron chi connectivity index (χ4n) is 1.01. The number of nitrogens with zero attached hydrogens (tertiary/aromatic N) is 1. The molecular formula is C8H5BrClNO4. The molecule has 0 fully saturated rings. The normalized spacial score (nSPS) is 9.80. The van der Waals surface area contributed by atoms with Gasteiger partial charge in [0.25, 0.3) is 5.69 Å². The molecule has 1 rings (SSSR count). The van der Waals surface area contributed by atoms with Crippen LogP contribution in [0.3, 0.4) is 0 Å². The summed E-state index contributed by atoms with van der Waals surface area (Å²) in [5.41, 5.74) is -0.631. The molecule has 7 heteroatoms. The lowest BCUT2D eigenvalue weighted by Gasteiger charge is -2.03. The molecule has 0 radical (unpaired) electrons. The van der Waals surface area contributed by atoms with Gasteiger partial charge in [0.1, 0.15) is 0 Å². The van der Waals surface area contributed by atoms with Gasteiger partial charge in [0.05, 0.1) is 17.1 Å². The summed E-state index contributed by atoms with van der Waals surface area (Å²) in [7, 11) is 1.13. The first kappa shape index (κ1) is 11.9. The Morgan fingerprint density at radius 3 is 2.67 bits per heavy atom. The molecule has 1 aromatic carbocycles. The lowest BCUT2D eigenvalue weighted by molar-refractivity contribution is -0.385. The molecule has 0 saturated heterocycles. The lowest BCUT2D eigenvalue weighted by atomic mass is 10.2. The van der Waals surface area contributed by atoms with Gasteiger partial charge in [0.15, 0.2) is 5.56 Å². The van der Waals surface area contributed by atoms with Gasteiger partial charge < -0.3 is 4.74 Å². The summed E-state index contributed by atoms with van der Waals surface area (Å²) >= 11 is 8.76. The van der Waals surface area contributed by atoms with E-state index in [1.807, 2.05) is 0 Å². The van der Waals surface area contributed by atoms with Gasteiger partial charge in [-0.15, -0.1) is 0 Å². The predicted octanol–water partition coefficient (Wildman–Crippen LogP) is 2.80. The molecule has 0 heterocycles. The summed E-state index contributed by atoms with van der Waals surface area (Å²) in [4.78, 5) is 21.2. The van der Waals surface area contributed by atoms with Crippen molar-refractivity contribution in [2.24, 2.45) is 0 Å². The largest absolute Gasteiger partial charge is 0.465 e. The van der Waals surface area contributed by atoms with E-state index in [0.717, 1.165) is 7.11 Å². The molecule has 0 amide bonds. The molecule has 0 saturated carbocycles. The van der Waals surface area contributed by atoms with Crippen molar-refractivity contribution in [1.82, 2.24) is 0 Å². The summed E-state index contributed by atoms with van der Waals surface area (Å²) in [6.45, 7) is 0. The molecule has 80 valence electrons. The Labute approximate surface area is 98.3 Å². The number of nitro benzene ring substituents is 1. The molecule has 0 N–H and O–H groups in total. The third-order valence-electron chi connectivity index (χ3n) is 1.62. The molecule has 1 aromatic rings. The number of nitro groups is 1. The number of ether oxygens (including phenoxy) is 1. The zero-order valence-corrected chi connectivity index (χ0v) is 9.83. The van der Waals surface area contributed by atoms with Crippen molar-refractivity contribution in [2.45, 2.75) is 0 Å². The SMILES string of the molecule is COC(=O)c1c(Cl)cc(Br)cc1[N+](=O)[O-]. The van der Waals surface area contributed by atoms with Crippen LogP contribution >= 0.6 is 27.5 Å². The highest BCUT2D eigenvalue weighted by molar-refractivity contribution is 9.10. The van der Waals surface area contributed by atoms with Gasteiger partial charge in [-0.05, 0) is 6.07 Å². The second-order valence-corrected chi connectivity index (χ2v) is 3.85. The minimum Gasteiger partial charge on any atom is -0.465 e. The number of rotatable bonds is 2. The predicted molar refractivity (Wildman–Crippen MR) is 57.1 cm³/mol. The Kier molecular flexibility index (Phi) is 3.65. The van der Waals surface area contributed by atoms with Crippen molar-refractivity contribution in [3.8, 4) is 0 Å². The number of carbonyl (C=O) groups excluding carboxylic acids is 1. The van der Waals surface area contributed by atoms with Gasteiger partial charge in [-0.25, -0.2) is 4.79 Å². The number of hydrogen-bond acceptors (Lipinski definition) is 4. The van der Waals surface area contributed by atoms with Gasteiger partial charge in [-0.1, -0.05) is 27.5 Å². The van der Waals surface area contributed by atoms with E-state index in [1.165, 1.54) is 12.1 Å². The van der Waals surface area contributed by atoms with Crippen molar-refractivity contribution >= 4 is 39.2 Å². The lowest BCUT2D eigenvalue weighted by Crippen LogP contribution is -2.06. The van der Waals surface area contributed by atoms with Crippen LogP contribution < -0.4 is 0 Å². The summed E-state index contributed by atoms with van der Waals surface area (Å²) in [5, 5.41) is 10.6. The molecule has 0 aliphatic heterocycles. The Balaban J connectivity index is 3.46. The molecule has 0 bridgehead atoms. The number of benzene rings is 1. The number of carbonyl (C=O) groups is 1. The molecule has 0 spiro atoms. The first-order valence-electron chi connectivity index (χ1n) is 3.69. The highest BCUT2D eigenvalue weighted by Gasteiger charge is 2.25. The number of hydrogen-bond donors (Lipinski definition) is 0. The minimum absolute atomic E-state index is 0.0251. The number of halogens is 2. The Morgan fingerprint density at radius 2 is 2.20 bits per heavy atom. The van der Waals surface area contributed by atoms with Crippen molar-refractivity contribution in [2.75, 3.05) is 7.11 Å². The Morgan fingerprint density at radius 1 is 1.60 bits per heavy atom. The van der Waals surface area contributed by atoms with Crippen molar-refractivity contribution in [3.63, 3.8) is 0 Å². The van der Waals surface area contributed by atoms with Crippen LogP contribution in [0.4, 0.5) is 5.69 Å². The van der Waals surface area contributed by atoms with E-state index in [-0.39, 0.29) is 16.3 Å². The topological polar surface area (TPSA) is 69.4 Å². The van der Waals surface area contributed by atoms with E-state index < -0.39 is 10.9 Å². The maximum Gasteiger partial charge on any atom is 0.346 e. The molecule has 15 heavy (non-hydrogen) atoms. The van der Waals surface area contributed by atoms with Gasteiger partial charge in [0.2, 0.25) is 0 Å². The third-order valence-corrected chi connectivity index (χ3v) is 2.38. The standard InChI is InChI=1S/C8H5BrClNO4/c1-15-8(12)7-5(10)2-4(9)3-6(7)11(13)14/h2-3H,1H3. The fraction of sp³-hybridized carbons (Fsp3) is 0.125. The molecule has 0 aromatic heterocycles. The summed E-state index contributed by atoms with van der Waals surface area (Å²) in [6, 6.07) is 2.58. The smallest absolute Gasteiger partial charge is 0.346 e. The van der Waals surface area contributed by atoms with E-state index in [0.29, 0.717) is 4.47 Å². The molecule has 5 nitrogen and oxygen atoms in total. The zero-order chi connectivity index (χ0) is 11.6. The van der Waals surface area contributed by atoms with Crippen molar-refractivity contribution in [1.29, 1.82) is 0 Å². The minimum atomic E-state index is -0.834. The second kappa shape index (κ2) is 4.59. The second-order valence-electron chi connectivity index (χ2n) is 2.53. The van der Waals surface area contributed by atoms with Gasteiger partial charge in [0, 0.05) is 10.5 Å². The van der Waals surface area contributed by atoms with Crippen LogP contribution in [0.25, 0.3) is 0 Å². The Hall–Kier alpha value is -1.14. The molecule has 0 unspecified atom stereocenters. The average molecular weight is 294 g/mol. The van der Waals surface area contributed by atoms with E-state index >= 15 is 0 Å². The van der Waals surface area contributed by atoms with Crippen molar-refractivity contribution in [3.05, 3.63) is 37.3 Å². The van der Waals surface area contributed by atoms with Gasteiger partial charge >= 0.3 is 5.97 Å². The maximum absolute atomic E-state index is 11.2. The van der Waals surface area contributed by atoms with E-state index in [2.05, 4.69) is 20.7 Å². The van der Waals surface area contributed by atoms with Crippen LogP contribution in [-0.4, -0.2) is 18.0 Å². The summed E-state index contributed by atoms with van der Waals surface area (Å²) in [6.07, 6.45) is 0. The first-order chi connectivity index (χ1) is 6.97. The highest BCUT2D eigenvalue weighted by atomic mass is 79.9. The molecular weight excluding hydrogens is 289 g/mol. The van der Waals surface area contributed by atoms with Crippen LogP contribution in [0.1, 0.15) is 10.4 Å². The van der Waals surface area contributed by atoms with Gasteiger partial charge in [-0.2, -0.15) is 0 Å². The van der Waals surface area contributed by atoms with Crippen molar-refractivity contribution < 1.29 is 14.5 Å². The Bertz CT molecular complexity index is 435. The third kappa shape index (κ3) is 2.45. The van der Waals surface area contributed by atoms with Crippen LogP contribution in [0.15, 0.2) is 16.6 Å². The van der Waals surface area contributed by atoms with Crippen LogP contribution in [0.2, 0.25) is 5.02 Å². The fourth-order valence-corrected chi connectivity index (χ4v) is 1.88. The van der Waals surface area contributed by atoms with Crippen LogP contribution in [-0.2, 0) is 4.74 Å². The maximum atomic E-state index is 11.2. The summed E-state index contributed by atoms with van der Waals surface area (Å²) < 4.78 is 4.83. The van der Waals surface area contributed by atoms with E-state index in [9.17, 15) is 14.9 Å². The average Bonchev–Trinajstić information content (AvgIpc) is 2.15. The zero-order valence-electron chi connectivity index (χ0n) is 7.49. The van der Waals surface area contributed by atoms with Crippen LogP contribution in [0.5, 0.6) is 0 Å². The molecule has 0 aliphatic rings. The van der Waals surface area contributed by atoms with E-state index in [1.54, 1.807) is 0 Å². The van der Waals surface area contributed by atoms with Gasteiger partial charge in [-0.3, -0.25) is 10.1 Å². The highest BCUT2D eigenvalue weighted by Crippen LogP contribution is 2.31. The quantitative estimate of drug-likeness (QED) is 0.478. The first-order valence-corrected chi connectivity index (χ1v) is 4.86. The van der Waals surface area contributed by atoms with E-state index in [4.69, 9.17) is 11.6 Å². The number of methoxy groups -OCH3 is 1.